The first-order valence-electron chi connectivity index (χ1n) is 15.6. The predicted molar refractivity (Wildman–Crippen MR) is 177 cm³/mol. The molecule has 44 heavy (non-hydrogen) atoms. The SMILES string of the molecule is CCN(CC)CCN(CC(=O)N1CCN(c2ccc(-c3ccc(-c4ccccc4)cc3)nn2)CC1)C(=O)c1ccccc1C. The van der Waals surface area contributed by atoms with E-state index in [4.69, 9.17) is 0 Å². The molecule has 4 aromatic rings. The summed E-state index contributed by atoms with van der Waals surface area (Å²) < 4.78 is 0. The Bertz CT molecular complexity index is 1510. The van der Waals surface area contributed by atoms with Crippen molar-refractivity contribution in [2.45, 2.75) is 20.8 Å². The van der Waals surface area contributed by atoms with Crippen LogP contribution in [0.3, 0.4) is 0 Å². The Morgan fingerprint density at radius 3 is 1.98 bits per heavy atom. The lowest BCUT2D eigenvalue weighted by molar-refractivity contribution is -0.132. The Kier molecular flexibility index (Phi) is 10.4. The fraction of sp³-hybridized carbons (Fsp3) is 0.333. The molecule has 5 rings (SSSR count). The normalized spacial score (nSPS) is 13.3. The number of carbonyl (C=O) groups excluding carboxylic acids is 2. The van der Waals surface area contributed by atoms with Gasteiger partial charge in [0.25, 0.3) is 5.91 Å². The highest BCUT2D eigenvalue weighted by atomic mass is 16.2. The van der Waals surface area contributed by atoms with Crippen LogP contribution in [0.2, 0.25) is 0 Å². The summed E-state index contributed by atoms with van der Waals surface area (Å²) in [6.07, 6.45) is 0. The third-order valence-electron chi connectivity index (χ3n) is 8.46. The molecule has 3 aromatic carbocycles. The minimum Gasteiger partial charge on any atom is -0.352 e. The molecule has 1 aliphatic rings. The third-order valence-corrected chi connectivity index (χ3v) is 8.46. The van der Waals surface area contributed by atoms with Gasteiger partial charge in [-0.25, -0.2) is 0 Å². The van der Waals surface area contributed by atoms with Crippen molar-refractivity contribution in [3.05, 3.63) is 102 Å². The van der Waals surface area contributed by atoms with E-state index in [0.717, 1.165) is 47.8 Å². The first-order chi connectivity index (χ1) is 21.5. The Morgan fingerprint density at radius 2 is 1.34 bits per heavy atom. The molecule has 228 valence electrons. The Labute approximate surface area is 260 Å². The fourth-order valence-electron chi connectivity index (χ4n) is 5.60. The van der Waals surface area contributed by atoms with Crippen LogP contribution in [0.5, 0.6) is 0 Å². The maximum absolute atomic E-state index is 13.5. The summed E-state index contributed by atoms with van der Waals surface area (Å²) in [5.41, 5.74) is 5.76. The molecule has 0 unspecified atom stereocenters. The molecule has 1 aliphatic heterocycles. The smallest absolute Gasteiger partial charge is 0.254 e. The van der Waals surface area contributed by atoms with E-state index in [0.29, 0.717) is 38.3 Å². The summed E-state index contributed by atoms with van der Waals surface area (Å²) in [4.78, 5) is 35.0. The summed E-state index contributed by atoms with van der Waals surface area (Å²) in [5.74, 6) is 0.691. The van der Waals surface area contributed by atoms with Gasteiger partial charge in [-0.2, -0.15) is 0 Å². The maximum Gasteiger partial charge on any atom is 0.254 e. The van der Waals surface area contributed by atoms with Gasteiger partial charge in [0, 0.05) is 50.4 Å². The second-order valence-corrected chi connectivity index (χ2v) is 11.2. The van der Waals surface area contributed by atoms with Crippen LogP contribution in [-0.4, -0.2) is 95.6 Å². The molecule has 2 heterocycles. The standard InChI is InChI=1S/C36H42N6O2/c1-4-39(5-2)21-22-42(36(44)32-14-10-9-11-28(32)3)27-35(43)41-25-23-40(24-26-41)34-20-19-33(37-38-34)31-17-15-30(16-18-31)29-12-7-6-8-13-29/h6-20H,4-5,21-27H2,1-3H3. The van der Waals surface area contributed by atoms with Crippen LogP contribution in [0.4, 0.5) is 5.82 Å². The summed E-state index contributed by atoms with van der Waals surface area (Å²) in [7, 11) is 0. The first-order valence-corrected chi connectivity index (χ1v) is 15.6. The quantitative estimate of drug-likeness (QED) is 0.238. The number of aromatic nitrogens is 2. The average Bonchev–Trinajstić information content (AvgIpc) is 3.08. The summed E-state index contributed by atoms with van der Waals surface area (Å²) in [6, 6.07) is 30.3. The van der Waals surface area contributed by atoms with Gasteiger partial charge in [-0.3, -0.25) is 9.59 Å². The van der Waals surface area contributed by atoms with E-state index in [9.17, 15) is 9.59 Å². The minimum absolute atomic E-state index is 0.0217. The van der Waals surface area contributed by atoms with Gasteiger partial charge in [-0.1, -0.05) is 86.6 Å². The van der Waals surface area contributed by atoms with Gasteiger partial charge < -0.3 is 19.6 Å². The van der Waals surface area contributed by atoms with E-state index in [2.05, 4.69) is 70.2 Å². The summed E-state index contributed by atoms with van der Waals surface area (Å²) in [5, 5.41) is 9.02. The molecule has 0 N–H and O–H groups in total. The second-order valence-electron chi connectivity index (χ2n) is 11.2. The van der Waals surface area contributed by atoms with Crippen molar-refractivity contribution in [2.24, 2.45) is 0 Å². The molecule has 8 heteroatoms. The van der Waals surface area contributed by atoms with Crippen LogP contribution >= 0.6 is 0 Å². The third kappa shape index (κ3) is 7.50. The van der Waals surface area contributed by atoms with Gasteiger partial charge in [0.05, 0.1) is 5.69 Å². The number of carbonyl (C=O) groups is 2. The van der Waals surface area contributed by atoms with Gasteiger partial charge >= 0.3 is 0 Å². The Morgan fingerprint density at radius 1 is 0.705 bits per heavy atom. The molecule has 2 amide bonds. The van der Waals surface area contributed by atoms with E-state index in [1.165, 1.54) is 5.56 Å². The van der Waals surface area contributed by atoms with Crippen molar-refractivity contribution in [1.82, 2.24) is 24.9 Å². The van der Waals surface area contributed by atoms with Gasteiger partial charge in [0.15, 0.2) is 5.82 Å². The number of benzene rings is 3. The number of hydrogen-bond donors (Lipinski definition) is 0. The van der Waals surface area contributed by atoms with Gasteiger partial charge in [-0.15, -0.1) is 10.2 Å². The first kappa shape index (κ1) is 30.9. The Balaban J connectivity index is 1.18. The number of rotatable bonds is 11. The van der Waals surface area contributed by atoms with Crippen LogP contribution in [-0.2, 0) is 4.79 Å². The highest BCUT2D eigenvalue weighted by molar-refractivity contribution is 5.97. The van der Waals surface area contributed by atoms with E-state index in [1.54, 1.807) is 4.90 Å². The molecule has 1 aromatic heterocycles. The van der Waals surface area contributed by atoms with E-state index in [-0.39, 0.29) is 18.4 Å². The zero-order chi connectivity index (χ0) is 30.9. The number of hydrogen-bond acceptors (Lipinski definition) is 6. The lowest BCUT2D eigenvalue weighted by atomic mass is 10.0. The summed E-state index contributed by atoms with van der Waals surface area (Å²) in [6.45, 7) is 11.8. The number of piperazine rings is 1. The van der Waals surface area contributed by atoms with Crippen molar-refractivity contribution in [2.75, 3.05) is 63.8 Å². The summed E-state index contributed by atoms with van der Waals surface area (Å²) >= 11 is 0. The predicted octanol–water partition coefficient (Wildman–Crippen LogP) is 5.25. The monoisotopic (exact) mass is 590 g/mol. The minimum atomic E-state index is -0.0905. The van der Waals surface area contributed by atoms with Gasteiger partial charge in [0.2, 0.25) is 5.91 Å². The number of anilines is 1. The molecule has 0 bridgehead atoms. The van der Waals surface area contributed by atoms with Crippen LogP contribution in [0, 0.1) is 6.92 Å². The highest BCUT2D eigenvalue weighted by Gasteiger charge is 2.26. The molecule has 0 aliphatic carbocycles. The van der Waals surface area contributed by atoms with E-state index in [1.807, 2.05) is 66.4 Å². The topological polar surface area (TPSA) is 72.9 Å². The molecule has 8 nitrogen and oxygen atoms in total. The molecule has 0 radical (unpaired) electrons. The van der Waals surface area contributed by atoms with Crippen LogP contribution < -0.4 is 4.90 Å². The second kappa shape index (κ2) is 14.8. The number of likely N-dealkylation sites (N-methyl/N-ethyl adjacent to an activating group) is 1. The van der Waals surface area contributed by atoms with Gasteiger partial charge in [0.1, 0.15) is 6.54 Å². The lowest BCUT2D eigenvalue weighted by Gasteiger charge is -2.36. The molecule has 0 saturated carbocycles. The fourth-order valence-corrected chi connectivity index (χ4v) is 5.60. The van der Waals surface area contributed by atoms with Crippen LogP contribution in [0.25, 0.3) is 22.4 Å². The number of nitrogens with zero attached hydrogens (tertiary/aromatic N) is 6. The highest BCUT2D eigenvalue weighted by Crippen LogP contribution is 2.24. The largest absolute Gasteiger partial charge is 0.352 e. The van der Waals surface area contributed by atoms with Crippen molar-refractivity contribution in [3.8, 4) is 22.4 Å². The van der Waals surface area contributed by atoms with Crippen molar-refractivity contribution in [1.29, 1.82) is 0 Å². The van der Waals surface area contributed by atoms with Gasteiger partial charge in [-0.05, 0) is 54.9 Å². The van der Waals surface area contributed by atoms with Crippen molar-refractivity contribution in [3.63, 3.8) is 0 Å². The van der Waals surface area contributed by atoms with Crippen LogP contribution in [0.1, 0.15) is 29.8 Å². The zero-order valence-electron chi connectivity index (χ0n) is 26.0. The molecule has 0 atom stereocenters. The van der Waals surface area contributed by atoms with E-state index >= 15 is 0 Å². The lowest BCUT2D eigenvalue weighted by Crippen LogP contribution is -2.52. The maximum atomic E-state index is 13.5. The molecular formula is C36H42N6O2. The Hall–Kier alpha value is -4.56. The molecule has 1 fully saturated rings. The van der Waals surface area contributed by atoms with E-state index < -0.39 is 0 Å². The van der Waals surface area contributed by atoms with Crippen molar-refractivity contribution >= 4 is 17.6 Å². The zero-order valence-corrected chi connectivity index (χ0v) is 26.0. The van der Waals surface area contributed by atoms with Crippen molar-refractivity contribution < 1.29 is 9.59 Å². The number of aryl methyl sites for hydroxylation is 1. The molecule has 0 spiro atoms. The van der Waals surface area contributed by atoms with Crippen LogP contribution in [0.15, 0.2) is 91.0 Å². The molecule has 1 saturated heterocycles. The number of amides is 2. The molecular weight excluding hydrogens is 548 g/mol. The average molecular weight is 591 g/mol.